The number of para-hydroxylation sites is 1. The van der Waals surface area contributed by atoms with Gasteiger partial charge in [-0.15, -0.1) is 0 Å². The first-order valence-electron chi connectivity index (χ1n) is 7.34. The minimum Gasteiger partial charge on any atom is -0.351 e. The predicted octanol–water partition coefficient (Wildman–Crippen LogP) is 2.95. The summed E-state index contributed by atoms with van der Waals surface area (Å²) in [6.45, 7) is 0. The minimum atomic E-state index is -1.19. The van der Waals surface area contributed by atoms with Gasteiger partial charge >= 0.3 is 0 Å². The van der Waals surface area contributed by atoms with Crippen LogP contribution in [0.5, 0.6) is 0 Å². The normalized spacial score (nSPS) is 26.8. The molecule has 2 aromatic rings. The molecule has 4 rings (SSSR count). The molecule has 1 fully saturated rings. The number of rotatable bonds is 1. The molecular formula is C18H15NO3. The molecule has 1 saturated heterocycles. The Hall–Kier alpha value is -2.46. The second-order valence-corrected chi connectivity index (χ2v) is 5.76. The lowest BCUT2D eigenvalue weighted by molar-refractivity contribution is -0.170. The number of fused-ring (bicyclic) bond motifs is 2. The zero-order chi connectivity index (χ0) is 15.2. The van der Waals surface area contributed by atoms with Crippen LogP contribution in [0.15, 0.2) is 54.6 Å². The lowest BCUT2D eigenvalue weighted by Crippen LogP contribution is -2.44. The average Bonchev–Trinajstić information content (AvgIpc) is 2.80. The van der Waals surface area contributed by atoms with E-state index in [1.807, 2.05) is 54.6 Å². The maximum absolute atomic E-state index is 12.5. The van der Waals surface area contributed by atoms with Crippen LogP contribution in [0.25, 0.3) is 0 Å². The number of anilines is 1. The highest BCUT2D eigenvalue weighted by Crippen LogP contribution is 2.48. The van der Waals surface area contributed by atoms with E-state index in [4.69, 9.17) is 4.74 Å². The van der Waals surface area contributed by atoms with Gasteiger partial charge in [-0.1, -0.05) is 48.5 Å². The molecule has 4 heteroatoms. The van der Waals surface area contributed by atoms with Crippen LogP contribution in [0, 0.1) is 0 Å². The molecule has 0 aliphatic carbocycles. The van der Waals surface area contributed by atoms with Gasteiger partial charge in [-0.05, 0) is 11.6 Å². The largest absolute Gasteiger partial charge is 0.351 e. The molecule has 4 nitrogen and oxygen atoms in total. The van der Waals surface area contributed by atoms with Crippen molar-refractivity contribution >= 4 is 17.4 Å². The average molecular weight is 293 g/mol. The van der Waals surface area contributed by atoms with E-state index in [1.165, 1.54) is 0 Å². The summed E-state index contributed by atoms with van der Waals surface area (Å²) < 4.78 is 6.20. The number of Topliss-reactive ketones (excluding diaryl/α,β-unsaturated/α-hetero) is 1. The molecule has 2 aromatic carbocycles. The highest BCUT2D eigenvalue weighted by molar-refractivity contribution is 6.07. The maximum atomic E-state index is 12.5. The number of ketones is 1. The number of carbonyl (C=O) groups is 2. The van der Waals surface area contributed by atoms with Crippen molar-refractivity contribution < 1.29 is 14.3 Å². The summed E-state index contributed by atoms with van der Waals surface area (Å²) in [5, 5.41) is 2.83. The Bertz CT molecular complexity index is 756. The topological polar surface area (TPSA) is 55.4 Å². The molecule has 2 heterocycles. The van der Waals surface area contributed by atoms with E-state index in [2.05, 4.69) is 5.32 Å². The van der Waals surface area contributed by atoms with Gasteiger partial charge in [0, 0.05) is 24.1 Å². The monoisotopic (exact) mass is 293 g/mol. The number of benzene rings is 2. The van der Waals surface area contributed by atoms with E-state index < -0.39 is 5.60 Å². The Morgan fingerprint density at radius 2 is 1.73 bits per heavy atom. The highest BCUT2D eigenvalue weighted by atomic mass is 16.5. The van der Waals surface area contributed by atoms with Crippen molar-refractivity contribution in [1.82, 2.24) is 0 Å². The van der Waals surface area contributed by atoms with Crippen molar-refractivity contribution in [3.8, 4) is 0 Å². The molecule has 22 heavy (non-hydrogen) atoms. The Morgan fingerprint density at radius 3 is 2.55 bits per heavy atom. The first-order valence-corrected chi connectivity index (χ1v) is 7.34. The number of ether oxygens (including phenoxy) is 1. The molecule has 1 N–H and O–H groups in total. The molecule has 2 atom stereocenters. The van der Waals surface area contributed by atoms with Crippen LogP contribution >= 0.6 is 0 Å². The van der Waals surface area contributed by atoms with Crippen LogP contribution in [0.3, 0.4) is 0 Å². The van der Waals surface area contributed by atoms with Crippen LogP contribution in [-0.4, -0.2) is 11.7 Å². The summed E-state index contributed by atoms with van der Waals surface area (Å²) in [6, 6.07) is 17.0. The number of amides is 1. The smallest absolute Gasteiger partial charge is 0.261 e. The van der Waals surface area contributed by atoms with Crippen molar-refractivity contribution in [2.24, 2.45) is 0 Å². The summed E-state index contributed by atoms with van der Waals surface area (Å²) >= 11 is 0. The van der Waals surface area contributed by atoms with Gasteiger partial charge in [0.25, 0.3) is 5.91 Å². The zero-order valence-electron chi connectivity index (χ0n) is 11.9. The van der Waals surface area contributed by atoms with Crippen molar-refractivity contribution in [3.63, 3.8) is 0 Å². The third kappa shape index (κ3) is 1.88. The van der Waals surface area contributed by atoms with Gasteiger partial charge in [-0.3, -0.25) is 9.59 Å². The lowest BCUT2D eigenvalue weighted by atomic mass is 9.84. The third-order valence-corrected chi connectivity index (χ3v) is 4.35. The SMILES string of the molecule is O=C1C[C@H](c2ccccc2)O[C@]2(C1)C(=O)Nc1ccccc12. The fourth-order valence-corrected chi connectivity index (χ4v) is 3.32. The number of hydrogen-bond acceptors (Lipinski definition) is 3. The summed E-state index contributed by atoms with van der Waals surface area (Å²) in [7, 11) is 0. The van der Waals surface area contributed by atoms with Gasteiger partial charge in [0.1, 0.15) is 5.78 Å². The molecule has 110 valence electrons. The Kier molecular flexibility index (Phi) is 2.87. The van der Waals surface area contributed by atoms with Crippen molar-refractivity contribution in [3.05, 3.63) is 65.7 Å². The quantitative estimate of drug-likeness (QED) is 0.879. The predicted molar refractivity (Wildman–Crippen MR) is 81.3 cm³/mol. The van der Waals surface area contributed by atoms with Gasteiger partial charge in [-0.2, -0.15) is 0 Å². The van der Waals surface area contributed by atoms with Gasteiger partial charge in [0.2, 0.25) is 0 Å². The number of hydrogen-bond donors (Lipinski definition) is 1. The van der Waals surface area contributed by atoms with E-state index in [1.54, 1.807) is 0 Å². The molecule has 2 aliphatic rings. The standard InChI is InChI=1S/C18H15NO3/c20-13-10-16(12-6-2-1-3-7-12)22-18(11-13)14-8-4-5-9-15(14)19-17(18)21/h1-9,16H,10-11H2,(H,19,21)/t16-,18+/m1/s1. The van der Waals surface area contributed by atoms with Gasteiger partial charge < -0.3 is 10.1 Å². The first kappa shape index (κ1) is 13.2. The van der Waals surface area contributed by atoms with Gasteiger partial charge in [0.15, 0.2) is 5.60 Å². The van der Waals surface area contributed by atoms with Crippen LogP contribution in [-0.2, 0) is 19.9 Å². The van der Waals surface area contributed by atoms with E-state index in [-0.39, 0.29) is 24.2 Å². The molecule has 0 unspecified atom stereocenters. The van der Waals surface area contributed by atoms with Gasteiger partial charge in [0.05, 0.1) is 6.10 Å². The number of carbonyl (C=O) groups excluding carboxylic acids is 2. The Labute approximate surface area is 128 Å². The molecule has 0 bridgehead atoms. The summed E-state index contributed by atoms with van der Waals surface area (Å²) in [6.07, 6.45) is 0.0137. The van der Waals surface area contributed by atoms with Crippen molar-refractivity contribution in [2.45, 2.75) is 24.5 Å². The van der Waals surface area contributed by atoms with Gasteiger partial charge in [-0.25, -0.2) is 0 Å². The van der Waals surface area contributed by atoms with Crippen molar-refractivity contribution in [1.29, 1.82) is 0 Å². The summed E-state index contributed by atoms with van der Waals surface area (Å²) in [5.74, 6) is -0.199. The molecule has 0 saturated carbocycles. The van der Waals surface area contributed by atoms with E-state index in [0.29, 0.717) is 6.42 Å². The maximum Gasteiger partial charge on any atom is 0.261 e. The van der Waals surface area contributed by atoms with Crippen LogP contribution in [0.2, 0.25) is 0 Å². The minimum absolute atomic E-state index is 0.0481. The fraction of sp³-hybridized carbons (Fsp3) is 0.222. The highest BCUT2D eigenvalue weighted by Gasteiger charge is 2.53. The summed E-state index contributed by atoms with van der Waals surface area (Å²) in [5.41, 5.74) is 1.22. The molecule has 2 aliphatic heterocycles. The third-order valence-electron chi connectivity index (χ3n) is 4.35. The van der Waals surface area contributed by atoms with E-state index >= 15 is 0 Å². The fourth-order valence-electron chi connectivity index (χ4n) is 3.32. The molecule has 1 amide bonds. The summed E-state index contributed by atoms with van der Waals surface area (Å²) in [4.78, 5) is 24.8. The van der Waals surface area contributed by atoms with Crippen LogP contribution in [0.4, 0.5) is 5.69 Å². The van der Waals surface area contributed by atoms with Crippen molar-refractivity contribution in [2.75, 3.05) is 5.32 Å². The Morgan fingerprint density at radius 1 is 1.00 bits per heavy atom. The van der Waals surface area contributed by atoms with Crippen LogP contribution < -0.4 is 5.32 Å². The lowest BCUT2D eigenvalue weighted by Gasteiger charge is -2.36. The first-order chi connectivity index (χ1) is 10.7. The second kappa shape index (κ2) is 4.78. The number of nitrogens with one attached hydrogen (secondary N) is 1. The molecule has 1 spiro atoms. The molecule has 0 radical (unpaired) electrons. The van der Waals surface area contributed by atoms with Crippen LogP contribution in [0.1, 0.15) is 30.1 Å². The second-order valence-electron chi connectivity index (χ2n) is 5.76. The van der Waals surface area contributed by atoms with E-state index in [9.17, 15) is 9.59 Å². The molecule has 0 aromatic heterocycles. The molecular weight excluding hydrogens is 278 g/mol. The zero-order valence-corrected chi connectivity index (χ0v) is 11.9. The van der Waals surface area contributed by atoms with E-state index in [0.717, 1.165) is 16.8 Å². The Balaban J connectivity index is 1.79.